The van der Waals surface area contributed by atoms with Crippen molar-refractivity contribution in [2.24, 2.45) is 5.92 Å². The number of para-hydroxylation sites is 1. The Morgan fingerprint density at radius 3 is 2.89 bits per heavy atom. The van der Waals surface area contributed by atoms with E-state index in [0.717, 1.165) is 31.6 Å². The van der Waals surface area contributed by atoms with Crippen LogP contribution in [-0.4, -0.2) is 52.5 Å². The Kier molecular flexibility index (Phi) is 7.46. The molecule has 1 aromatic carbocycles. The average molecular weight is 384 g/mol. The Hall–Kier alpha value is -2.83. The zero-order valence-electron chi connectivity index (χ0n) is 16.1. The van der Waals surface area contributed by atoms with Crippen LogP contribution in [0.2, 0.25) is 0 Å². The molecule has 0 saturated carbocycles. The lowest BCUT2D eigenvalue weighted by molar-refractivity contribution is -0.136. The number of amides is 2. The molecule has 3 rings (SSSR count). The van der Waals surface area contributed by atoms with E-state index in [4.69, 9.17) is 4.74 Å². The lowest BCUT2D eigenvalue weighted by Gasteiger charge is -2.32. The van der Waals surface area contributed by atoms with Crippen LogP contribution in [0.5, 0.6) is 5.75 Å². The zero-order chi connectivity index (χ0) is 19.6. The van der Waals surface area contributed by atoms with Crippen molar-refractivity contribution in [3.8, 4) is 5.75 Å². The van der Waals surface area contributed by atoms with E-state index in [2.05, 4.69) is 10.3 Å². The number of hydrogen-bond donors (Lipinski definition) is 1. The molecule has 2 aromatic rings. The second-order valence-corrected chi connectivity index (χ2v) is 7.04. The minimum Gasteiger partial charge on any atom is -0.493 e. The van der Waals surface area contributed by atoms with E-state index < -0.39 is 0 Å². The van der Waals surface area contributed by atoms with Gasteiger partial charge in [0, 0.05) is 38.6 Å². The van der Waals surface area contributed by atoms with Gasteiger partial charge in [0.05, 0.1) is 25.3 Å². The molecule has 1 N–H and O–H groups in total. The van der Waals surface area contributed by atoms with Crippen LogP contribution >= 0.6 is 0 Å². The third-order valence-electron chi connectivity index (χ3n) is 4.92. The first-order valence-corrected chi connectivity index (χ1v) is 9.91. The summed E-state index contributed by atoms with van der Waals surface area (Å²) in [5, 5.41) is 3.00. The summed E-state index contributed by atoms with van der Waals surface area (Å²) in [5.41, 5.74) is 0. The van der Waals surface area contributed by atoms with Crippen LogP contribution in [0.1, 0.15) is 25.7 Å². The topological polar surface area (TPSA) is 76.5 Å². The predicted molar refractivity (Wildman–Crippen MR) is 106 cm³/mol. The fourth-order valence-corrected chi connectivity index (χ4v) is 3.39. The monoisotopic (exact) mass is 384 g/mol. The molecule has 2 heterocycles. The van der Waals surface area contributed by atoms with Gasteiger partial charge in [0.15, 0.2) is 0 Å². The molecule has 1 aromatic heterocycles. The molecule has 0 unspecified atom stereocenters. The van der Waals surface area contributed by atoms with E-state index >= 15 is 0 Å². The van der Waals surface area contributed by atoms with Crippen LogP contribution in [0, 0.1) is 5.92 Å². The molecular weight excluding hydrogens is 356 g/mol. The number of imidazole rings is 1. The molecule has 1 saturated heterocycles. The Labute approximate surface area is 165 Å². The number of benzene rings is 1. The highest BCUT2D eigenvalue weighted by molar-refractivity contribution is 5.81. The first-order valence-electron chi connectivity index (χ1n) is 9.91. The zero-order valence-corrected chi connectivity index (χ0v) is 16.1. The van der Waals surface area contributed by atoms with Gasteiger partial charge in [-0.15, -0.1) is 0 Å². The van der Waals surface area contributed by atoms with Crippen molar-refractivity contribution in [2.45, 2.75) is 32.2 Å². The third kappa shape index (κ3) is 6.11. The third-order valence-corrected chi connectivity index (χ3v) is 4.92. The molecule has 0 bridgehead atoms. The van der Waals surface area contributed by atoms with Crippen LogP contribution in [0.3, 0.4) is 0 Å². The maximum Gasteiger partial charge on any atom is 0.226 e. The second-order valence-electron chi connectivity index (χ2n) is 7.04. The number of likely N-dealkylation sites (tertiary alicyclic amines) is 1. The molecule has 1 fully saturated rings. The van der Waals surface area contributed by atoms with Crippen molar-refractivity contribution >= 4 is 11.8 Å². The minimum absolute atomic E-state index is 0.0451. The summed E-state index contributed by atoms with van der Waals surface area (Å²) in [7, 11) is 0. The molecular formula is C21H28N4O3. The van der Waals surface area contributed by atoms with E-state index in [-0.39, 0.29) is 17.7 Å². The highest BCUT2D eigenvalue weighted by Gasteiger charge is 2.28. The van der Waals surface area contributed by atoms with Crippen molar-refractivity contribution in [1.82, 2.24) is 19.8 Å². The maximum absolute atomic E-state index is 12.5. The van der Waals surface area contributed by atoms with Crippen LogP contribution in [0.4, 0.5) is 0 Å². The SMILES string of the molecule is O=C(NCCCn1ccnc1)[C@@H]1CCCN(C(=O)CCOc2ccccc2)C1. The molecule has 150 valence electrons. The van der Waals surface area contributed by atoms with Gasteiger partial charge in [-0.3, -0.25) is 9.59 Å². The standard InChI is InChI=1S/C21H28N4O3/c26-20(9-15-28-19-7-2-1-3-8-19)25-13-4-6-18(16-25)21(27)23-10-5-12-24-14-11-22-17-24/h1-3,7-8,11,14,17-18H,4-6,9-10,12-13,15-16H2,(H,23,27)/t18-/m1/s1. The lowest BCUT2D eigenvalue weighted by atomic mass is 9.97. The summed E-state index contributed by atoms with van der Waals surface area (Å²) in [5.74, 6) is 0.736. The number of rotatable bonds is 9. The first kappa shape index (κ1) is 19.9. The van der Waals surface area contributed by atoms with Crippen LogP contribution in [-0.2, 0) is 16.1 Å². The van der Waals surface area contributed by atoms with Crippen molar-refractivity contribution < 1.29 is 14.3 Å². The molecule has 0 spiro atoms. The van der Waals surface area contributed by atoms with E-state index in [1.807, 2.05) is 41.1 Å². The minimum atomic E-state index is -0.124. The fourth-order valence-electron chi connectivity index (χ4n) is 3.39. The molecule has 7 nitrogen and oxygen atoms in total. The lowest BCUT2D eigenvalue weighted by Crippen LogP contribution is -2.45. The van der Waals surface area contributed by atoms with Gasteiger partial charge < -0.3 is 19.5 Å². The number of nitrogens with zero attached hydrogens (tertiary/aromatic N) is 3. The summed E-state index contributed by atoms with van der Waals surface area (Å²) in [4.78, 5) is 30.7. The molecule has 1 aliphatic heterocycles. The van der Waals surface area contributed by atoms with E-state index in [1.165, 1.54) is 0 Å². The van der Waals surface area contributed by atoms with Gasteiger partial charge in [-0.25, -0.2) is 4.98 Å². The maximum atomic E-state index is 12.5. The number of hydrogen-bond acceptors (Lipinski definition) is 4. The summed E-state index contributed by atoms with van der Waals surface area (Å²) in [6.07, 6.45) is 8.30. The number of nitrogens with one attached hydrogen (secondary N) is 1. The average Bonchev–Trinajstić information content (AvgIpc) is 3.25. The molecule has 2 amide bonds. The summed E-state index contributed by atoms with van der Waals surface area (Å²) < 4.78 is 7.60. The first-order chi connectivity index (χ1) is 13.7. The largest absolute Gasteiger partial charge is 0.493 e. The van der Waals surface area contributed by atoms with Gasteiger partial charge in [0.25, 0.3) is 0 Å². The van der Waals surface area contributed by atoms with Gasteiger partial charge in [-0.05, 0) is 31.4 Å². The number of piperidine rings is 1. The fraction of sp³-hybridized carbons (Fsp3) is 0.476. The smallest absolute Gasteiger partial charge is 0.226 e. The molecule has 1 atom stereocenters. The van der Waals surface area contributed by atoms with E-state index in [1.54, 1.807) is 17.4 Å². The van der Waals surface area contributed by atoms with Crippen LogP contribution < -0.4 is 10.1 Å². The second kappa shape index (κ2) is 10.5. The molecule has 28 heavy (non-hydrogen) atoms. The Morgan fingerprint density at radius 1 is 1.25 bits per heavy atom. The number of aromatic nitrogens is 2. The number of ether oxygens (including phenoxy) is 1. The highest BCUT2D eigenvalue weighted by Crippen LogP contribution is 2.18. The highest BCUT2D eigenvalue weighted by atomic mass is 16.5. The van der Waals surface area contributed by atoms with Crippen molar-refractivity contribution in [1.29, 1.82) is 0 Å². The Bertz CT molecular complexity index is 733. The Morgan fingerprint density at radius 2 is 2.11 bits per heavy atom. The van der Waals surface area contributed by atoms with Crippen molar-refractivity contribution in [3.05, 3.63) is 49.1 Å². The molecule has 7 heteroatoms. The van der Waals surface area contributed by atoms with E-state index in [9.17, 15) is 9.59 Å². The predicted octanol–water partition coefficient (Wildman–Crippen LogP) is 2.10. The van der Waals surface area contributed by atoms with Crippen LogP contribution in [0.25, 0.3) is 0 Å². The summed E-state index contributed by atoms with van der Waals surface area (Å²) >= 11 is 0. The van der Waals surface area contributed by atoms with Crippen LogP contribution in [0.15, 0.2) is 49.1 Å². The van der Waals surface area contributed by atoms with Gasteiger partial charge in [0.2, 0.25) is 11.8 Å². The summed E-state index contributed by atoms with van der Waals surface area (Å²) in [6, 6.07) is 9.48. The van der Waals surface area contributed by atoms with Gasteiger partial charge in [0.1, 0.15) is 5.75 Å². The molecule has 1 aliphatic rings. The van der Waals surface area contributed by atoms with Gasteiger partial charge in [-0.1, -0.05) is 18.2 Å². The quantitative estimate of drug-likeness (QED) is 0.672. The van der Waals surface area contributed by atoms with Gasteiger partial charge >= 0.3 is 0 Å². The molecule has 0 aliphatic carbocycles. The number of aryl methyl sites for hydroxylation is 1. The number of carbonyl (C=O) groups excluding carboxylic acids is 2. The Balaban J connectivity index is 1.35. The summed E-state index contributed by atoms with van der Waals surface area (Å²) in [6.45, 7) is 3.03. The van der Waals surface area contributed by atoms with Gasteiger partial charge in [-0.2, -0.15) is 0 Å². The van der Waals surface area contributed by atoms with E-state index in [0.29, 0.717) is 32.7 Å². The normalized spacial score (nSPS) is 16.6. The van der Waals surface area contributed by atoms with Crippen molar-refractivity contribution in [3.63, 3.8) is 0 Å². The van der Waals surface area contributed by atoms with Crippen molar-refractivity contribution in [2.75, 3.05) is 26.2 Å². The number of carbonyl (C=O) groups is 2. The molecule has 0 radical (unpaired) electrons.